The zero-order valence-electron chi connectivity index (χ0n) is 22.4. The van der Waals surface area contributed by atoms with Gasteiger partial charge in [-0.3, -0.25) is 4.90 Å². The van der Waals surface area contributed by atoms with Gasteiger partial charge in [0, 0.05) is 17.8 Å². The molecule has 1 aliphatic heterocycles. The Labute approximate surface area is 230 Å². The second kappa shape index (κ2) is 12.7. The van der Waals surface area contributed by atoms with Gasteiger partial charge in [0.1, 0.15) is 5.75 Å². The van der Waals surface area contributed by atoms with Gasteiger partial charge in [0.05, 0.1) is 24.3 Å². The van der Waals surface area contributed by atoms with Crippen LogP contribution in [0, 0.1) is 11.8 Å². The van der Waals surface area contributed by atoms with Crippen molar-refractivity contribution in [2.45, 2.75) is 63.3 Å². The van der Waals surface area contributed by atoms with Gasteiger partial charge in [-0.05, 0) is 62.0 Å². The van der Waals surface area contributed by atoms with E-state index < -0.39 is 35.2 Å². The van der Waals surface area contributed by atoms with Crippen LogP contribution in [0.4, 0.5) is 36.8 Å². The van der Waals surface area contributed by atoms with E-state index >= 15 is 0 Å². The summed E-state index contributed by atoms with van der Waals surface area (Å²) in [4.78, 5) is 15.0. The van der Waals surface area contributed by atoms with Gasteiger partial charge < -0.3 is 15.4 Å². The van der Waals surface area contributed by atoms with E-state index in [0.717, 1.165) is 37.4 Å². The van der Waals surface area contributed by atoms with Crippen LogP contribution in [-0.4, -0.2) is 37.7 Å². The smallest absolute Gasteiger partial charge is 0.416 e. The van der Waals surface area contributed by atoms with Crippen molar-refractivity contribution in [1.29, 1.82) is 0 Å². The van der Waals surface area contributed by atoms with Crippen LogP contribution in [0.2, 0.25) is 0 Å². The van der Waals surface area contributed by atoms with Crippen molar-refractivity contribution in [3.63, 3.8) is 0 Å². The van der Waals surface area contributed by atoms with E-state index in [9.17, 15) is 31.1 Å². The van der Waals surface area contributed by atoms with Crippen molar-refractivity contribution < 1.29 is 35.9 Å². The average Bonchev–Trinajstić information content (AvgIpc) is 2.93. The van der Waals surface area contributed by atoms with E-state index in [0.29, 0.717) is 23.8 Å². The second-order valence-electron chi connectivity index (χ2n) is 10.7. The van der Waals surface area contributed by atoms with Crippen molar-refractivity contribution in [2.24, 2.45) is 11.8 Å². The Hall–Kier alpha value is -2.95. The highest BCUT2D eigenvalue weighted by Gasteiger charge is 2.37. The molecule has 1 unspecified atom stereocenters. The number of methoxy groups -OCH3 is 1. The van der Waals surface area contributed by atoms with Gasteiger partial charge in [0.25, 0.3) is 0 Å². The number of ether oxygens (including phenoxy) is 1. The average molecular weight is 572 g/mol. The summed E-state index contributed by atoms with van der Waals surface area (Å²) in [5.74, 6) is 2.05. The maximum Gasteiger partial charge on any atom is 0.416 e. The Balaban J connectivity index is 1.47. The molecule has 2 fully saturated rings. The number of alkyl halides is 6. The number of hydrogen-bond acceptors (Lipinski definition) is 3. The molecule has 2 aromatic carbocycles. The summed E-state index contributed by atoms with van der Waals surface area (Å²) in [6.07, 6.45) is -1.54. The molecule has 220 valence electrons. The number of piperidine rings is 1. The number of nitrogens with zero attached hydrogens (tertiary/aromatic N) is 1. The number of hydrogen-bond donors (Lipinski definition) is 2. The number of carbonyl (C=O) groups is 1. The van der Waals surface area contributed by atoms with Crippen LogP contribution in [0.1, 0.15) is 67.7 Å². The minimum atomic E-state index is -5.01. The Morgan fingerprint density at radius 2 is 1.48 bits per heavy atom. The van der Waals surface area contributed by atoms with Crippen LogP contribution in [0.3, 0.4) is 0 Å². The lowest BCUT2D eigenvalue weighted by Crippen LogP contribution is -2.44. The highest BCUT2D eigenvalue weighted by atomic mass is 19.4. The summed E-state index contributed by atoms with van der Waals surface area (Å²) in [5.41, 5.74) is -2.74. The molecule has 1 atom stereocenters. The van der Waals surface area contributed by atoms with Crippen molar-refractivity contribution in [3.05, 3.63) is 59.2 Å². The zero-order valence-corrected chi connectivity index (χ0v) is 22.4. The molecule has 1 saturated heterocycles. The quantitative estimate of drug-likeness (QED) is 0.333. The van der Waals surface area contributed by atoms with E-state index in [1.165, 1.54) is 32.1 Å². The molecule has 40 heavy (non-hydrogen) atoms. The fourth-order valence-corrected chi connectivity index (χ4v) is 6.08. The number of para-hydroxylation sites is 1. The fourth-order valence-electron chi connectivity index (χ4n) is 6.08. The summed E-state index contributed by atoms with van der Waals surface area (Å²) < 4.78 is 84.9. The minimum Gasteiger partial charge on any atom is -0.496 e. The SMILES string of the molecule is COc1ccccc1C(CNC(=O)Nc1cc(C(F)(F)F)cc(C(F)(F)F)c1)N1CCC(C2CCCCC2)CC1. The largest absolute Gasteiger partial charge is 0.496 e. The maximum atomic E-state index is 13.2. The van der Waals surface area contributed by atoms with Crippen LogP contribution in [0.5, 0.6) is 5.75 Å². The maximum absolute atomic E-state index is 13.2. The Morgan fingerprint density at radius 1 is 0.900 bits per heavy atom. The Kier molecular flexibility index (Phi) is 9.53. The normalized spacial score (nSPS) is 18.8. The number of carbonyl (C=O) groups excluding carboxylic acids is 1. The van der Waals surface area contributed by atoms with Gasteiger partial charge in [-0.1, -0.05) is 50.3 Å². The third kappa shape index (κ3) is 7.62. The molecule has 4 rings (SSSR count). The summed E-state index contributed by atoms with van der Waals surface area (Å²) in [7, 11) is 1.55. The minimum absolute atomic E-state index is 0.0255. The summed E-state index contributed by atoms with van der Waals surface area (Å²) in [6.45, 7) is 1.72. The third-order valence-corrected chi connectivity index (χ3v) is 8.13. The summed E-state index contributed by atoms with van der Waals surface area (Å²) >= 11 is 0. The van der Waals surface area contributed by atoms with Gasteiger partial charge in [-0.25, -0.2) is 4.79 Å². The van der Waals surface area contributed by atoms with E-state index in [2.05, 4.69) is 15.5 Å². The molecule has 0 spiro atoms. The monoisotopic (exact) mass is 571 g/mol. The highest BCUT2D eigenvalue weighted by Crippen LogP contribution is 2.39. The van der Waals surface area contributed by atoms with Crippen molar-refractivity contribution >= 4 is 11.7 Å². The van der Waals surface area contributed by atoms with Crippen LogP contribution >= 0.6 is 0 Å². The first-order valence-electron chi connectivity index (χ1n) is 13.7. The molecule has 2 N–H and O–H groups in total. The van der Waals surface area contributed by atoms with Crippen LogP contribution < -0.4 is 15.4 Å². The lowest BCUT2D eigenvalue weighted by molar-refractivity contribution is -0.143. The fraction of sp³-hybridized carbons (Fsp3) is 0.552. The zero-order chi connectivity index (χ0) is 28.9. The predicted molar refractivity (Wildman–Crippen MR) is 140 cm³/mol. The predicted octanol–water partition coefficient (Wildman–Crippen LogP) is 7.89. The van der Waals surface area contributed by atoms with Crippen molar-refractivity contribution in [1.82, 2.24) is 10.2 Å². The number of likely N-dealkylation sites (tertiary alicyclic amines) is 1. The van der Waals surface area contributed by atoms with Crippen molar-refractivity contribution in [3.8, 4) is 5.75 Å². The van der Waals surface area contributed by atoms with Crippen LogP contribution in [-0.2, 0) is 12.4 Å². The highest BCUT2D eigenvalue weighted by molar-refractivity contribution is 5.89. The molecule has 1 saturated carbocycles. The first-order chi connectivity index (χ1) is 19.0. The lowest BCUT2D eigenvalue weighted by atomic mass is 9.75. The summed E-state index contributed by atoms with van der Waals surface area (Å²) in [5, 5.41) is 4.82. The molecule has 2 amide bonds. The molecule has 0 bridgehead atoms. The number of anilines is 1. The number of halogens is 6. The standard InChI is InChI=1S/C29H35F6N3O2/c1-40-26-10-6-5-9-24(26)25(38-13-11-20(12-14-38)19-7-3-2-4-8-19)18-36-27(39)37-23-16-21(28(30,31)32)15-22(17-23)29(33,34)35/h5-6,9-10,15-17,19-20,25H,2-4,7-8,11-14,18H2,1H3,(H2,36,37,39). The van der Waals surface area contributed by atoms with E-state index in [1.807, 2.05) is 24.3 Å². The van der Waals surface area contributed by atoms with Gasteiger partial charge in [-0.2, -0.15) is 26.3 Å². The van der Waals surface area contributed by atoms with Gasteiger partial charge in [-0.15, -0.1) is 0 Å². The molecule has 0 aromatic heterocycles. The van der Waals surface area contributed by atoms with Gasteiger partial charge in [0.2, 0.25) is 0 Å². The van der Waals surface area contributed by atoms with Gasteiger partial charge >= 0.3 is 18.4 Å². The van der Waals surface area contributed by atoms with Gasteiger partial charge in [0.15, 0.2) is 0 Å². The molecule has 1 heterocycles. The first-order valence-corrected chi connectivity index (χ1v) is 13.7. The summed E-state index contributed by atoms with van der Waals surface area (Å²) in [6, 6.07) is 7.23. The number of nitrogens with one attached hydrogen (secondary N) is 2. The Bertz CT molecular complexity index is 1110. The molecule has 11 heteroatoms. The number of urea groups is 1. The molecule has 2 aliphatic rings. The first kappa shape index (κ1) is 30.0. The van der Waals surface area contributed by atoms with E-state index in [1.54, 1.807) is 7.11 Å². The topological polar surface area (TPSA) is 53.6 Å². The van der Waals surface area contributed by atoms with E-state index in [4.69, 9.17) is 4.74 Å². The number of rotatable bonds is 7. The lowest BCUT2D eigenvalue weighted by Gasteiger charge is -2.41. The second-order valence-corrected chi connectivity index (χ2v) is 10.7. The third-order valence-electron chi connectivity index (χ3n) is 8.13. The van der Waals surface area contributed by atoms with Crippen molar-refractivity contribution in [2.75, 3.05) is 32.1 Å². The number of amides is 2. The van der Waals surface area contributed by atoms with Crippen LogP contribution in [0.15, 0.2) is 42.5 Å². The Morgan fingerprint density at radius 3 is 2.05 bits per heavy atom. The molecular weight excluding hydrogens is 536 g/mol. The molecule has 5 nitrogen and oxygen atoms in total. The molecule has 2 aromatic rings. The van der Waals surface area contributed by atoms with Crippen LogP contribution in [0.25, 0.3) is 0 Å². The molecular formula is C29H35F6N3O2. The number of benzene rings is 2. The molecule has 1 aliphatic carbocycles. The molecule has 0 radical (unpaired) electrons. The van der Waals surface area contributed by atoms with E-state index in [-0.39, 0.29) is 18.7 Å².